The molecule has 2 aromatic heterocycles. The van der Waals surface area contributed by atoms with Crippen molar-refractivity contribution in [1.82, 2.24) is 14.8 Å². The van der Waals surface area contributed by atoms with Crippen molar-refractivity contribution in [3.63, 3.8) is 0 Å². The van der Waals surface area contributed by atoms with Crippen molar-refractivity contribution in [2.24, 2.45) is 0 Å². The highest BCUT2D eigenvalue weighted by Gasteiger charge is 2.15. The Bertz CT molecular complexity index is 1230. The van der Waals surface area contributed by atoms with Crippen LogP contribution in [0.2, 0.25) is 10.0 Å². The number of anilines is 1. The van der Waals surface area contributed by atoms with Crippen molar-refractivity contribution in [3.8, 4) is 5.75 Å². The number of nitrogens with zero attached hydrogens (tertiary/aromatic N) is 3. The van der Waals surface area contributed by atoms with E-state index in [4.69, 9.17) is 32.4 Å². The lowest BCUT2D eigenvalue weighted by molar-refractivity contribution is 0.0991. The molecule has 0 saturated carbocycles. The number of benzene rings is 2. The lowest BCUT2D eigenvalue weighted by Crippen LogP contribution is -2.12. The van der Waals surface area contributed by atoms with E-state index in [1.165, 1.54) is 16.6 Å². The summed E-state index contributed by atoms with van der Waals surface area (Å²) in [6, 6.07) is 16.5. The van der Waals surface area contributed by atoms with Gasteiger partial charge in [-0.15, -0.1) is 5.10 Å². The van der Waals surface area contributed by atoms with Gasteiger partial charge in [0.15, 0.2) is 5.76 Å². The van der Waals surface area contributed by atoms with Crippen LogP contribution in [-0.2, 0) is 13.2 Å². The molecule has 0 atom stereocenters. The highest BCUT2D eigenvalue weighted by atomic mass is 35.5. The van der Waals surface area contributed by atoms with Crippen molar-refractivity contribution in [2.75, 3.05) is 5.32 Å². The predicted octanol–water partition coefficient (Wildman–Crippen LogP) is 6.18. The minimum Gasteiger partial charge on any atom is -0.486 e. The number of carbonyl (C=O) groups excluding carboxylic acids is 1. The zero-order valence-corrected chi connectivity index (χ0v) is 19.6. The zero-order chi connectivity index (χ0) is 23.4. The Morgan fingerprint density at radius 3 is 2.52 bits per heavy atom. The molecule has 7 nitrogen and oxygen atoms in total. The van der Waals surface area contributed by atoms with E-state index in [1.807, 2.05) is 24.3 Å². The van der Waals surface area contributed by atoms with Gasteiger partial charge in [-0.1, -0.05) is 55.2 Å². The van der Waals surface area contributed by atoms with Gasteiger partial charge in [-0.05, 0) is 47.9 Å². The molecule has 0 aliphatic rings. The molecule has 0 radical (unpaired) electrons. The quantitative estimate of drug-likeness (QED) is 0.322. The fourth-order valence-electron chi connectivity index (χ4n) is 3.12. The number of furan rings is 1. The molecule has 9 heteroatoms. The lowest BCUT2D eigenvalue weighted by atomic mass is 10.0. The van der Waals surface area contributed by atoms with Crippen LogP contribution in [0.3, 0.4) is 0 Å². The second kappa shape index (κ2) is 10.1. The summed E-state index contributed by atoms with van der Waals surface area (Å²) in [6.07, 6.45) is 1.49. The standard InChI is InChI=1S/C24H22Cl2N4O3/c1-15(2)16-6-8-17(9-7-16)32-13-18-10-11-22(33-18)23(31)28-24-27-14-30(29-24)12-19-20(25)4-3-5-21(19)26/h3-11,14-15H,12-13H2,1-2H3,(H,28,29,31). The molecule has 2 aromatic carbocycles. The summed E-state index contributed by atoms with van der Waals surface area (Å²) in [7, 11) is 0. The first-order valence-electron chi connectivity index (χ1n) is 10.3. The minimum atomic E-state index is -0.462. The number of nitrogens with one attached hydrogen (secondary N) is 1. The molecule has 0 fully saturated rings. The fraction of sp³-hybridized carbons (Fsp3) is 0.208. The summed E-state index contributed by atoms with van der Waals surface area (Å²) in [5.74, 6) is 1.53. The Hall–Kier alpha value is -3.29. The Labute approximate surface area is 201 Å². The van der Waals surface area contributed by atoms with Crippen LogP contribution < -0.4 is 10.1 Å². The van der Waals surface area contributed by atoms with Crippen molar-refractivity contribution in [1.29, 1.82) is 0 Å². The topological polar surface area (TPSA) is 82.2 Å². The van der Waals surface area contributed by atoms with Crippen LogP contribution in [0.25, 0.3) is 0 Å². The molecular weight excluding hydrogens is 463 g/mol. The maximum atomic E-state index is 12.5. The van der Waals surface area contributed by atoms with Crippen molar-refractivity contribution in [3.05, 3.63) is 93.6 Å². The smallest absolute Gasteiger partial charge is 0.293 e. The summed E-state index contributed by atoms with van der Waals surface area (Å²) >= 11 is 12.4. The molecule has 0 aliphatic carbocycles. The fourth-order valence-corrected chi connectivity index (χ4v) is 3.63. The molecule has 2 heterocycles. The van der Waals surface area contributed by atoms with E-state index in [-0.39, 0.29) is 18.3 Å². The highest BCUT2D eigenvalue weighted by Crippen LogP contribution is 2.25. The number of hydrogen-bond acceptors (Lipinski definition) is 5. The van der Waals surface area contributed by atoms with E-state index in [2.05, 4.69) is 29.2 Å². The number of amides is 1. The van der Waals surface area contributed by atoms with E-state index in [0.29, 0.717) is 28.3 Å². The largest absolute Gasteiger partial charge is 0.486 e. The van der Waals surface area contributed by atoms with Gasteiger partial charge in [0.1, 0.15) is 24.4 Å². The van der Waals surface area contributed by atoms with Crippen LogP contribution in [0.5, 0.6) is 5.75 Å². The number of hydrogen-bond donors (Lipinski definition) is 1. The van der Waals surface area contributed by atoms with E-state index < -0.39 is 5.91 Å². The van der Waals surface area contributed by atoms with E-state index in [9.17, 15) is 4.79 Å². The van der Waals surface area contributed by atoms with Gasteiger partial charge in [-0.25, -0.2) is 9.67 Å². The highest BCUT2D eigenvalue weighted by molar-refractivity contribution is 6.35. The van der Waals surface area contributed by atoms with Crippen LogP contribution in [-0.4, -0.2) is 20.7 Å². The molecule has 0 spiro atoms. The number of halogens is 2. The first-order valence-corrected chi connectivity index (χ1v) is 11.1. The van der Waals surface area contributed by atoms with Crippen molar-refractivity contribution in [2.45, 2.75) is 32.9 Å². The Morgan fingerprint density at radius 2 is 1.82 bits per heavy atom. The first-order chi connectivity index (χ1) is 15.9. The second-order valence-electron chi connectivity index (χ2n) is 7.70. The summed E-state index contributed by atoms with van der Waals surface area (Å²) in [5.41, 5.74) is 1.96. The van der Waals surface area contributed by atoms with Crippen molar-refractivity contribution < 1.29 is 13.9 Å². The third-order valence-electron chi connectivity index (χ3n) is 4.96. The molecule has 4 aromatic rings. The molecule has 1 N–H and O–H groups in total. The van der Waals surface area contributed by atoms with E-state index in [1.54, 1.807) is 30.3 Å². The van der Waals surface area contributed by atoms with Gasteiger partial charge in [0.05, 0.1) is 6.54 Å². The number of rotatable bonds is 8. The third kappa shape index (κ3) is 5.74. The van der Waals surface area contributed by atoms with Crippen LogP contribution in [0.4, 0.5) is 5.95 Å². The maximum Gasteiger partial charge on any atom is 0.293 e. The summed E-state index contributed by atoms with van der Waals surface area (Å²) in [5, 5.41) is 7.92. The monoisotopic (exact) mass is 484 g/mol. The van der Waals surface area contributed by atoms with Gasteiger partial charge in [0.25, 0.3) is 5.91 Å². The SMILES string of the molecule is CC(C)c1ccc(OCc2ccc(C(=O)Nc3ncn(Cc4c(Cl)cccc4Cl)n3)o2)cc1. The molecule has 4 rings (SSSR count). The zero-order valence-electron chi connectivity index (χ0n) is 18.1. The predicted molar refractivity (Wildman–Crippen MR) is 127 cm³/mol. The van der Waals surface area contributed by atoms with Crippen LogP contribution in [0.1, 0.15) is 47.2 Å². The average Bonchev–Trinajstić information content (AvgIpc) is 3.45. The summed E-state index contributed by atoms with van der Waals surface area (Å²) < 4.78 is 12.9. The van der Waals surface area contributed by atoms with Gasteiger partial charge in [-0.2, -0.15) is 0 Å². The molecule has 0 saturated heterocycles. The number of ether oxygens (including phenoxy) is 1. The van der Waals surface area contributed by atoms with E-state index in [0.717, 1.165) is 11.3 Å². The normalized spacial score (nSPS) is 11.1. The minimum absolute atomic E-state index is 0.134. The molecular formula is C24H22Cl2N4O3. The van der Waals surface area contributed by atoms with Gasteiger partial charge in [0.2, 0.25) is 5.95 Å². The van der Waals surface area contributed by atoms with Gasteiger partial charge in [0, 0.05) is 15.6 Å². The number of aromatic nitrogens is 3. The summed E-state index contributed by atoms with van der Waals surface area (Å²) in [6.45, 7) is 4.81. The van der Waals surface area contributed by atoms with Gasteiger partial charge in [-0.3, -0.25) is 10.1 Å². The van der Waals surface area contributed by atoms with Gasteiger partial charge < -0.3 is 9.15 Å². The molecule has 1 amide bonds. The van der Waals surface area contributed by atoms with Crippen molar-refractivity contribution >= 4 is 35.1 Å². The average molecular weight is 485 g/mol. The van der Waals surface area contributed by atoms with Crippen LogP contribution in [0.15, 0.2) is 65.3 Å². The summed E-state index contributed by atoms with van der Waals surface area (Å²) in [4.78, 5) is 16.6. The Morgan fingerprint density at radius 1 is 1.09 bits per heavy atom. The van der Waals surface area contributed by atoms with E-state index >= 15 is 0 Å². The molecule has 0 aliphatic heterocycles. The molecule has 0 bridgehead atoms. The van der Waals surface area contributed by atoms with Gasteiger partial charge >= 0.3 is 0 Å². The Kier molecular flexibility index (Phi) is 7.01. The molecule has 0 unspecified atom stereocenters. The maximum absolute atomic E-state index is 12.5. The second-order valence-corrected chi connectivity index (χ2v) is 8.51. The Balaban J connectivity index is 1.33. The lowest BCUT2D eigenvalue weighted by Gasteiger charge is -2.07. The van der Waals surface area contributed by atoms with Crippen LogP contribution in [0, 0.1) is 0 Å². The third-order valence-corrected chi connectivity index (χ3v) is 5.67. The molecule has 33 heavy (non-hydrogen) atoms. The number of carbonyl (C=O) groups is 1. The molecule has 170 valence electrons. The van der Waals surface area contributed by atoms with Crippen LogP contribution >= 0.6 is 23.2 Å². The first kappa shape index (κ1) is 22.9.